The van der Waals surface area contributed by atoms with Crippen molar-refractivity contribution in [3.8, 4) is 0 Å². The molecule has 19 heavy (non-hydrogen) atoms. The molecule has 5 heteroatoms. The summed E-state index contributed by atoms with van der Waals surface area (Å²) in [6.07, 6.45) is 1.80. The Morgan fingerprint density at radius 1 is 1.37 bits per heavy atom. The summed E-state index contributed by atoms with van der Waals surface area (Å²) in [6, 6.07) is 8.26. The Morgan fingerprint density at radius 3 is 2.79 bits per heavy atom. The van der Waals surface area contributed by atoms with Crippen molar-refractivity contribution in [2.75, 3.05) is 5.32 Å². The lowest BCUT2D eigenvalue weighted by molar-refractivity contribution is 0.627. The van der Waals surface area contributed by atoms with Gasteiger partial charge in [0.1, 0.15) is 10.8 Å². The van der Waals surface area contributed by atoms with E-state index in [1.54, 1.807) is 12.3 Å². The highest BCUT2D eigenvalue weighted by Crippen LogP contribution is 2.18. The molecule has 0 aliphatic heterocycles. The van der Waals surface area contributed by atoms with Crippen LogP contribution in [0.1, 0.15) is 16.8 Å². The van der Waals surface area contributed by atoms with E-state index in [1.807, 2.05) is 19.1 Å². The van der Waals surface area contributed by atoms with Crippen LogP contribution in [0.15, 0.2) is 36.5 Å². The van der Waals surface area contributed by atoms with E-state index in [4.69, 9.17) is 18.0 Å². The van der Waals surface area contributed by atoms with E-state index < -0.39 is 0 Å². The summed E-state index contributed by atoms with van der Waals surface area (Å²) >= 11 is 4.92. The van der Waals surface area contributed by atoms with Crippen LogP contribution in [-0.2, 0) is 6.54 Å². The van der Waals surface area contributed by atoms with E-state index in [0.717, 1.165) is 16.9 Å². The second kappa shape index (κ2) is 5.75. The zero-order valence-corrected chi connectivity index (χ0v) is 11.3. The van der Waals surface area contributed by atoms with E-state index >= 15 is 0 Å². The van der Waals surface area contributed by atoms with Gasteiger partial charge in [0.05, 0.1) is 0 Å². The minimum absolute atomic E-state index is 0.170. The number of aryl methyl sites for hydroxylation is 1. The Labute approximate surface area is 116 Å². The number of halogens is 1. The highest BCUT2D eigenvalue weighted by Gasteiger charge is 2.06. The van der Waals surface area contributed by atoms with Crippen LogP contribution in [0.2, 0.25) is 0 Å². The van der Waals surface area contributed by atoms with Crippen LogP contribution in [0.5, 0.6) is 0 Å². The number of benzene rings is 1. The van der Waals surface area contributed by atoms with Gasteiger partial charge in [-0.05, 0) is 36.8 Å². The van der Waals surface area contributed by atoms with Gasteiger partial charge in [0.15, 0.2) is 0 Å². The molecule has 0 fully saturated rings. The van der Waals surface area contributed by atoms with Crippen LogP contribution in [0.3, 0.4) is 0 Å². The van der Waals surface area contributed by atoms with E-state index in [0.29, 0.717) is 12.1 Å². The average molecular weight is 275 g/mol. The van der Waals surface area contributed by atoms with Crippen molar-refractivity contribution in [2.45, 2.75) is 13.5 Å². The van der Waals surface area contributed by atoms with Crippen molar-refractivity contribution in [2.24, 2.45) is 5.73 Å². The number of anilines is 1. The number of hydrogen-bond acceptors (Lipinski definition) is 3. The van der Waals surface area contributed by atoms with Crippen LogP contribution in [0, 0.1) is 12.7 Å². The number of nitrogens with two attached hydrogens (primary N) is 1. The summed E-state index contributed by atoms with van der Waals surface area (Å²) < 4.78 is 13.2. The fraction of sp³-hybridized carbons (Fsp3) is 0.143. The molecule has 0 spiro atoms. The molecule has 3 N–H and O–H groups in total. The Kier molecular flexibility index (Phi) is 4.06. The molecule has 1 aromatic carbocycles. The van der Waals surface area contributed by atoms with Gasteiger partial charge >= 0.3 is 0 Å². The summed E-state index contributed by atoms with van der Waals surface area (Å²) in [5.41, 5.74) is 8.81. The summed E-state index contributed by atoms with van der Waals surface area (Å²) in [5.74, 6) is -0.356. The summed E-state index contributed by atoms with van der Waals surface area (Å²) in [4.78, 5) is 4.38. The summed E-state index contributed by atoms with van der Waals surface area (Å²) in [7, 11) is 0. The molecular weight excluding hydrogens is 261 g/mol. The molecule has 0 saturated heterocycles. The third kappa shape index (κ3) is 3.48. The van der Waals surface area contributed by atoms with E-state index in [1.165, 1.54) is 12.1 Å². The standard InChI is InChI=1S/C14H14FN3S/c1-9-2-3-10(7-17-9)8-18-13-5-4-11(15)6-12(13)14(16)19/h2-7,18H,8H2,1H3,(H2,16,19). The largest absolute Gasteiger partial charge is 0.389 e. The monoisotopic (exact) mass is 275 g/mol. The molecule has 0 aliphatic carbocycles. The predicted molar refractivity (Wildman–Crippen MR) is 78.6 cm³/mol. The van der Waals surface area contributed by atoms with E-state index in [-0.39, 0.29) is 10.8 Å². The third-order valence-corrected chi connectivity index (χ3v) is 2.92. The number of pyridine rings is 1. The lowest BCUT2D eigenvalue weighted by Crippen LogP contribution is -2.13. The zero-order chi connectivity index (χ0) is 13.8. The topological polar surface area (TPSA) is 50.9 Å². The zero-order valence-electron chi connectivity index (χ0n) is 10.5. The quantitative estimate of drug-likeness (QED) is 0.842. The molecule has 0 atom stereocenters. The SMILES string of the molecule is Cc1ccc(CNc2ccc(F)cc2C(N)=S)cn1. The van der Waals surface area contributed by atoms with Gasteiger partial charge in [-0.3, -0.25) is 4.98 Å². The molecule has 3 nitrogen and oxygen atoms in total. The Morgan fingerprint density at radius 2 is 2.16 bits per heavy atom. The summed E-state index contributed by atoms with van der Waals surface area (Å²) in [6.45, 7) is 2.51. The number of aromatic nitrogens is 1. The minimum atomic E-state index is -0.356. The molecule has 0 aliphatic rings. The number of thiocarbonyl (C=S) groups is 1. The Bertz CT molecular complexity index is 596. The van der Waals surface area contributed by atoms with Gasteiger partial charge in [0.25, 0.3) is 0 Å². The number of nitrogens with one attached hydrogen (secondary N) is 1. The van der Waals surface area contributed by atoms with E-state index in [2.05, 4.69) is 10.3 Å². The van der Waals surface area contributed by atoms with Crippen molar-refractivity contribution in [3.05, 3.63) is 59.2 Å². The van der Waals surface area contributed by atoms with Gasteiger partial charge in [-0.15, -0.1) is 0 Å². The second-order valence-electron chi connectivity index (χ2n) is 4.22. The summed E-state index contributed by atoms with van der Waals surface area (Å²) in [5, 5.41) is 3.18. The van der Waals surface area contributed by atoms with Crippen molar-refractivity contribution >= 4 is 22.9 Å². The van der Waals surface area contributed by atoms with Gasteiger partial charge < -0.3 is 11.1 Å². The first-order valence-corrected chi connectivity index (χ1v) is 6.22. The van der Waals surface area contributed by atoms with Gasteiger partial charge in [0.2, 0.25) is 0 Å². The van der Waals surface area contributed by atoms with Gasteiger partial charge in [-0.1, -0.05) is 18.3 Å². The first-order valence-electron chi connectivity index (χ1n) is 5.81. The fourth-order valence-corrected chi connectivity index (χ4v) is 1.84. The first kappa shape index (κ1) is 13.4. The molecule has 1 aromatic heterocycles. The van der Waals surface area contributed by atoms with Crippen molar-refractivity contribution in [3.63, 3.8) is 0 Å². The molecule has 1 heterocycles. The smallest absolute Gasteiger partial charge is 0.124 e. The molecule has 98 valence electrons. The Hall–Kier alpha value is -2.01. The van der Waals surface area contributed by atoms with Gasteiger partial charge in [-0.25, -0.2) is 4.39 Å². The van der Waals surface area contributed by atoms with Crippen molar-refractivity contribution in [1.82, 2.24) is 4.98 Å². The highest BCUT2D eigenvalue weighted by atomic mass is 32.1. The average Bonchev–Trinajstić information content (AvgIpc) is 2.39. The van der Waals surface area contributed by atoms with Crippen LogP contribution >= 0.6 is 12.2 Å². The molecule has 2 aromatic rings. The molecule has 2 rings (SSSR count). The molecule has 0 amide bonds. The lowest BCUT2D eigenvalue weighted by Gasteiger charge is -2.11. The second-order valence-corrected chi connectivity index (χ2v) is 4.66. The minimum Gasteiger partial charge on any atom is -0.389 e. The van der Waals surface area contributed by atoms with Crippen LogP contribution in [-0.4, -0.2) is 9.97 Å². The molecule has 0 radical (unpaired) electrons. The lowest BCUT2D eigenvalue weighted by atomic mass is 10.1. The van der Waals surface area contributed by atoms with Crippen LogP contribution in [0.25, 0.3) is 0 Å². The maximum atomic E-state index is 13.2. The number of rotatable bonds is 4. The molecule has 0 bridgehead atoms. The van der Waals surface area contributed by atoms with Crippen molar-refractivity contribution in [1.29, 1.82) is 0 Å². The molecule has 0 unspecified atom stereocenters. The van der Waals surface area contributed by atoms with E-state index in [9.17, 15) is 4.39 Å². The maximum Gasteiger partial charge on any atom is 0.124 e. The normalized spacial score (nSPS) is 10.2. The van der Waals surface area contributed by atoms with Gasteiger partial charge in [0, 0.05) is 29.7 Å². The first-order chi connectivity index (χ1) is 9.06. The van der Waals surface area contributed by atoms with Crippen LogP contribution in [0.4, 0.5) is 10.1 Å². The van der Waals surface area contributed by atoms with Crippen LogP contribution < -0.4 is 11.1 Å². The Balaban J connectivity index is 2.15. The third-order valence-electron chi connectivity index (χ3n) is 2.70. The molecule has 0 saturated carbocycles. The number of hydrogen-bond donors (Lipinski definition) is 2. The van der Waals surface area contributed by atoms with Gasteiger partial charge in [-0.2, -0.15) is 0 Å². The molecular formula is C14H14FN3S. The number of nitrogens with zero attached hydrogens (tertiary/aromatic N) is 1. The fourth-order valence-electron chi connectivity index (χ4n) is 1.67. The predicted octanol–water partition coefficient (Wildman–Crippen LogP) is 2.78. The van der Waals surface area contributed by atoms with Crippen molar-refractivity contribution < 1.29 is 4.39 Å². The highest BCUT2D eigenvalue weighted by molar-refractivity contribution is 7.80. The maximum absolute atomic E-state index is 13.2.